The Bertz CT molecular complexity index is 619. The van der Waals surface area contributed by atoms with E-state index in [9.17, 15) is 0 Å². The molecule has 0 fully saturated rings. The molecule has 0 aromatic heterocycles. The van der Waals surface area contributed by atoms with E-state index in [1.54, 1.807) is 11.1 Å². The summed E-state index contributed by atoms with van der Waals surface area (Å²) in [5, 5.41) is 0. The van der Waals surface area contributed by atoms with Gasteiger partial charge >= 0.3 is 0 Å². The van der Waals surface area contributed by atoms with Gasteiger partial charge in [-0.15, -0.1) is 12.4 Å². The highest BCUT2D eigenvalue weighted by Crippen LogP contribution is 2.54. The molecule has 0 amide bonds. The lowest BCUT2D eigenvalue weighted by Crippen LogP contribution is -2.17. The lowest BCUT2D eigenvalue weighted by molar-refractivity contribution is 0.377. The van der Waals surface area contributed by atoms with Gasteiger partial charge in [0.15, 0.2) is 0 Å². The van der Waals surface area contributed by atoms with Gasteiger partial charge in [-0.25, -0.2) is 0 Å². The third-order valence-corrected chi connectivity index (χ3v) is 5.35. The zero-order valence-electron chi connectivity index (χ0n) is 15.2. The highest BCUT2D eigenvalue weighted by Gasteiger charge is 2.36. The van der Waals surface area contributed by atoms with Gasteiger partial charge in [0.1, 0.15) is 5.75 Å². The van der Waals surface area contributed by atoms with Crippen molar-refractivity contribution in [1.29, 1.82) is 0 Å². The molecule has 3 heteroatoms. The molecule has 128 valence electrons. The molecule has 0 spiro atoms. The third-order valence-electron chi connectivity index (χ3n) is 5.35. The van der Waals surface area contributed by atoms with Crippen LogP contribution in [0.1, 0.15) is 60.3 Å². The van der Waals surface area contributed by atoms with Gasteiger partial charge in [0.25, 0.3) is 0 Å². The van der Waals surface area contributed by atoms with Crippen LogP contribution >= 0.6 is 12.4 Å². The molecule has 1 aromatic rings. The normalized spacial score (nSPS) is 19.5. The maximum Gasteiger partial charge on any atom is 0.126 e. The van der Waals surface area contributed by atoms with Gasteiger partial charge < -0.3 is 9.64 Å². The summed E-state index contributed by atoms with van der Waals surface area (Å²) < 4.78 is 5.85. The molecule has 0 N–H and O–H groups in total. The van der Waals surface area contributed by atoms with E-state index in [1.807, 2.05) is 7.11 Å². The van der Waals surface area contributed by atoms with Gasteiger partial charge in [0, 0.05) is 11.5 Å². The average molecular weight is 336 g/mol. The lowest BCUT2D eigenvalue weighted by Gasteiger charge is -2.23. The monoisotopic (exact) mass is 335 g/mol. The van der Waals surface area contributed by atoms with Crippen molar-refractivity contribution in [2.45, 2.75) is 51.9 Å². The smallest absolute Gasteiger partial charge is 0.126 e. The Morgan fingerprint density at radius 1 is 1.13 bits per heavy atom. The molecule has 1 atom stereocenters. The number of ether oxygens (including phenoxy) is 1. The van der Waals surface area contributed by atoms with Crippen molar-refractivity contribution in [3.63, 3.8) is 0 Å². The molecule has 0 saturated heterocycles. The second-order valence-electron chi connectivity index (χ2n) is 7.19. The third kappa shape index (κ3) is 3.16. The fraction of sp³-hybridized carbons (Fsp3) is 0.600. The Labute approximate surface area is 147 Å². The topological polar surface area (TPSA) is 12.5 Å². The molecular formula is C20H30ClNO. The Balaban J connectivity index is 0.00000192. The number of benzene rings is 1. The summed E-state index contributed by atoms with van der Waals surface area (Å²) in [4.78, 5) is 2.30. The minimum Gasteiger partial charge on any atom is -0.496 e. The van der Waals surface area contributed by atoms with E-state index in [4.69, 9.17) is 4.74 Å². The van der Waals surface area contributed by atoms with Crippen LogP contribution in [0.15, 0.2) is 11.6 Å². The number of methoxy groups -OCH3 is 1. The first kappa shape index (κ1) is 18.4. The largest absolute Gasteiger partial charge is 0.496 e. The highest BCUT2D eigenvalue weighted by atomic mass is 35.5. The molecular weight excluding hydrogens is 306 g/mol. The summed E-state index contributed by atoms with van der Waals surface area (Å²) in [6.45, 7) is 5.60. The van der Waals surface area contributed by atoms with Crippen molar-refractivity contribution < 1.29 is 4.74 Å². The summed E-state index contributed by atoms with van der Waals surface area (Å²) >= 11 is 0. The van der Waals surface area contributed by atoms with E-state index >= 15 is 0 Å². The molecule has 0 heterocycles. The summed E-state index contributed by atoms with van der Waals surface area (Å²) in [6.07, 6.45) is 6.44. The summed E-state index contributed by atoms with van der Waals surface area (Å²) in [6, 6.07) is 2.31. The number of allylic oxidation sites excluding steroid dienone is 2. The number of hydrogen-bond acceptors (Lipinski definition) is 2. The Kier molecular flexibility index (Phi) is 5.80. The maximum absolute atomic E-state index is 5.85. The highest BCUT2D eigenvalue weighted by molar-refractivity contribution is 5.85. The van der Waals surface area contributed by atoms with Crippen molar-refractivity contribution in [2.24, 2.45) is 0 Å². The second-order valence-corrected chi connectivity index (χ2v) is 7.19. The first-order chi connectivity index (χ1) is 10.5. The minimum absolute atomic E-state index is 0. The second kappa shape index (κ2) is 7.27. The minimum atomic E-state index is 0. The van der Waals surface area contributed by atoms with Gasteiger partial charge in [0.2, 0.25) is 0 Å². The van der Waals surface area contributed by atoms with Crippen molar-refractivity contribution in [3.8, 4) is 5.75 Å². The van der Waals surface area contributed by atoms with Gasteiger partial charge in [-0.05, 0) is 88.9 Å². The number of hydrogen-bond donors (Lipinski definition) is 0. The number of halogens is 1. The average Bonchev–Trinajstić information content (AvgIpc) is 2.80. The van der Waals surface area contributed by atoms with Crippen LogP contribution in [0.4, 0.5) is 0 Å². The van der Waals surface area contributed by atoms with Gasteiger partial charge in [-0.2, -0.15) is 0 Å². The Morgan fingerprint density at radius 2 is 1.83 bits per heavy atom. The predicted octanol–water partition coefficient (Wildman–Crippen LogP) is 5.11. The van der Waals surface area contributed by atoms with Crippen molar-refractivity contribution in [2.75, 3.05) is 27.7 Å². The summed E-state index contributed by atoms with van der Waals surface area (Å²) in [5.74, 6) is 1.71. The van der Waals surface area contributed by atoms with E-state index in [0.29, 0.717) is 5.92 Å². The van der Waals surface area contributed by atoms with E-state index in [2.05, 4.69) is 38.9 Å². The number of rotatable bonds is 4. The molecule has 1 unspecified atom stereocenters. The van der Waals surface area contributed by atoms with Crippen LogP contribution in [0.3, 0.4) is 0 Å². The molecule has 23 heavy (non-hydrogen) atoms. The zero-order chi connectivity index (χ0) is 15.9. The van der Waals surface area contributed by atoms with Crippen molar-refractivity contribution >= 4 is 18.0 Å². The van der Waals surface area contributed by atoms with Crippen LogP contribution in [-0.2, 0) is 0 Å². The predicted molar refractivity (Wildman–Crippen MR) is 101 cm³/mol. The Morgan fingerprint density at radius 3 is 2.48 bits per heavy atom. The van der Waals surface area contributed by atoms with Crippen LogP contribution < -0.4 is 4.74 Å². The molecule has 0 aliphatic heterocycles. The molecule has 2 aliphatic rings. The van der Waals surface area contributed by atoms with Gasteiger partial charge in [-0.3, -0.25) is 0 Å². The molecule has 2 nitrogen and oxygen atoms in total. The van der Waals surface area contributed by atoms with E-state index < -0.39 is 0 Å². The standard InChI is InChI=1S/C20H29NO.ClH/c1-13-12-14(2)20(22-5)19-17(10-11-21(3)4)15-8-6-7-9-16(15)18(13)19;/h12,17H,6-11H2,1-5H3;1H. The van der Waals surface area contributed by atoms with E-state index in [-0.39, 0.29) is 12.4 Å². The fourth-order valence-electron chi connectivity index (χ4n) is 4.48. The van der Waals surface area contributed by atoms with Crippen LogP contribution in [0.2, 0.25) is 0 Å². The van der Waals surface area contributed by atoms with Crippen molar-refractivity contribution in [1.82, 2.24) is 4.90 Å². The van der Waals surface area contributed by atoms with E-state index in [1.165, 1.54) is 54.4 Å². The molecule has 2 aliphatic carbocycles. The van der Waals surface area contributed by atoms with Crippen LogP contribution in [0.5, 0.6) is 5.75 Å². The number of fused-ring (bicyclic) bond motifs is 2. The first-order valence-electron chi connectivity index (χ1n) is 8.59. The molecule has 3 rings (SSSR count). The molecule has 0 radical (unpaired) electrons. The lowest BCUT2D eigenvalue weighted by atomic mass is 9.85. The van der Waals surface area contributed by atoms with Gasteiger partial charge in [0.05, 0.1) is 7.11 Å². The summed E-state index contributed by atoms with van der Waals surface area (Å²) in [5.41, 5.74) is 9.12. The zero-order valence-corrected chi connectivity index (χ0v) is 16.0. The van der Waals surface area contributed by atoms with E-state index in [0.717, 1.165) is 12.3 Å². The van der Waals surface area contributed by atoms with Crippen LogP contribution in [0, 0.1) is 13.8 Å². The van der Waals surface area contributed by atoms with Gasteiger partial charge in [-0.1, -0.05) is 11.6 Å². The molecule has 0 saturated carbocycles. The molecule has 0 bridgehead atoms. The first-order valence-corrected chi connectivity index (χ1v) is 8.59. The SMILES string of the molecule is COc1c(C)cc(C)c2c1C(CCN(C)C)C1=C2CCCC1.Cl. The van der Waals surface area contributed by atoms with Crippen LogP contribution in [-0.4, -0.2) is 32.6 Å². The molecule has 1 aromatic carbocycles. The number of nitrogens with zero attached hydrogens (tertiary/aromatic N) is 1. The quantitative estimate of drug-likeness (QED) is 0.758. The van der Waals surface area contributed by atoms with Crippen LogP contribution in [0.25, 0.3) is 5.57 Å². The number of aryl methyl sites for hydroxylation is 2. The summed E-state index contributed by atoms with van der Waals surface area (Å²) in [7, 11) is 6.17. The Hall–Kier alpha value is -0.990. The van der Waals surface area contributed by atoms with Crippen molar-refractivity contribution in [3.05, 3.63) is 33.9 Å². The fourth-order valence-corrected chi connectivity index (χ4v) is 4.48. The maximum atomic E-state index is 5.85.